The highest BCUT2D eigenvalue weighted by atomic mass is 16.2. The maximum atomic E-state index is 12.7. The van der Waals surface area contributed by atoms with Gasteiger partial charge in [0.15, 0.2) is 5.82 Å². The average Bonchev–Trinajstić information content (AvgIpc) is 3.10. The van der Waals surface area contributed by atoms with Gasteiger partial charge in [-0.2, -0.15) is 10.2 Å². The van der Waals surface area contributed by atoms with E-state index in [4.69, 9.17) is 0 Å². The summed E-state index contributed by atoms with van der Waals surface area (Å²) in [5.41, 5.74) is 0. The summed E-state index contributed by atoms with van der Waals surface area (Å²) in [6.45, 7) is 1.30. The van der Waals surface area contributed by atoms with Crippen LogP contribution in [-0.4, -0.2) is 55.4 Å². The molecule has 1 fully saturated rings. The number of amides is 1. The number of nitrogens with one attached hydrogen (secondary N) is 1. The third kappa shape index (κ3) is 2.80. The summed E-state index contributed by atoms with van der Waals surface area (Å²) >= 11 is 0. The third-order valence-electron chi connectivity index (χ3n) is 3.78. The molecule has 1 unspecified atom stereocenters. The molecule has 0 bridgehead atoms. The summed E-state index contributed by atoms with van der Waals surface area (Å²) in [4.78, 5) is 20.6. The van der Waals surface area contributed by atoms with Crippen molar-refractivity contribution in [3.05, 3.63) is 24.4 Å². The number of aryl methyl sites for hydroxylation is 1. The van der Waals surface area contributed by atoms with Crippen molar-refractivity contribution in [2.45, 2.75) is 25.4 Å². The number of piperidine rings is 1. The Hall–Kier alpha value is -2.22. The molecular weight excluding hydrogens is 270 g/mol. The fraction of sp³-hybridized carbons (Fsp3) is 0.538. The second-order valence-corrected chi connectivity index (χ2v) is 5.34. The van der Waals surface area contributed by atoms with Crippen molar-refractivity contribution in [1.82, 2.24) is 29.9 Å². The minimum Gasteiger partial charge on any atom is -0.294 e. The van der Waals surface area contributed by atoms with Crippen LogP contribution in [0, 0.1) is 0 Å². The molecule has 1 aliphatic rings. The van der Waals surface area contributed by atoms with Crippen LogP contribution >= 0.6 is 0 Å². The fourth-order valence-corrected chi connectivity index (χ4v) is 2.69. The molecule has 112 valence electrons. The number of likely N-dealkylation sites (N-methyl/N-ethyl adjacent to an activating group) is 1. The summed E-state index contributed by atoms with van der Waals surface area (Å²) in [6.07, 6.45) is 5.15. The molecule has 3 heterocycles. The lowest BCUT2D eigenvalue weighted by molar-refractivity contribution is -0.125. The fourth-order valence-electron chi connectivity index (χ4n) is 2.69. The highest BCUT2D eigenvalue weighted by Crippen LogP contribution is 2.22. The molecule has 0 saturated carbocycles. The molecule has 2 aromatic rings. The minimum absolute atomic E-state index is 0.0990. The molecule has 0 radical (unpaired) electrons. The quantitative estimate of drug-likeness (QED) is 0.867. The molecule has 0 aromatic carbocycles. The Labute approximate surface area is 122 Å². The van der Waals surface area contributed by atoms with Crippen LogP contribution in [0.2, 0.25) is 0 Å². The molecule has 0 aliphatic carbocycles. The number of hydrogen-bond donors (Lipinski definition) is 1. The predicted molar refractivity (Wildman–Crippen MR) is 76.4 cm³/mol. The molecule has 1 N–H and O–H groups in total. The Morgan fingerprint density at radius 1 is 1.52 bits per heavy atom. The number of aromatic amines is 1. The molecule has 8 heteroatoms. The van der Waals surface area contributed by atoms with Crippen LogP contribution in [0.15, 0.2) is 18.6 Å². The van der Waals surface area contributed by atoms with Gasteiger partial charge in [0.2, 0.25) is 5.91 Å². The maximum Gasteiger partial charge on any atom is 0.245 e. The number of nitrogens with zero attached hydrogens (tertiary/aromatic N) is 6. The van der Waals surface area contributed by atoms with Crippen molar-refractivity contribution in [3.63, 3.8) is 0 Å². The molecule has 1 amide bonds. The summed E-state index contributed by atoms with van der Waals surface area (Å²) in [5.74, 6) is 1.59. The molecule has 0 spiro atoms. The highest BCUT2D eigenvalue weighted by molar-refractivity contribution is 5.97. The Morgan fingerprint density at radius 3 is 3.05 bits per heavy atom. The van der Waals surface area contributed by atoms with Crippen molar-refractivity contribution in [3.8, 4) is 0 Å². The Morgan fingerprint density at radius 2 is 2.38 bits per heavy atom. The van der Waals surface area contributed by atoms with Crippen molar-refractivity contribution >= 4 is 11.7 Å². The van der Waals surface area contributed by atoms with E-state index in [9.17, 15) is 4.79 Å². The van der Waals surface area contributed by atoms with Crippen molar-refractivity contribution in [2.75, 3.05) is 18.5 Å². The van der Waals surface area contributed by atoms with E-state index in [-0.39, 0.29) is 11.9 Å². The summed E-state index contributed by atoms with van der Waals surface area (Å²) in [6, 6.07) is 1.72. The number of aromatic nitrogens is 5. The topological polar surface area (TPSA) is 82.9 Å². The van der Waals surface area contributed by atoms with Gasteiger partial charge in [0.1, 0.15) is 12.2 Å². The lowest BCUT2D eigenvalue weighted by atomic mass is 10.0. The zero-order chi connectivity index (χ0) is 14.8. The van der Waals surface area contributed by atoms with Gasteiger partial charge in [-0.25, -0.2) is 4.98 Å². The molecular formula is C13H19N7O. The van der Waals surface area contributed by atoms with E-state index in [1.807, 2.05) is 31.3 Å². The SMILES string of the molecule is CN(Cc1ncn[nH]1)C1CCCN(c2ccn(C)n2)C1=O. The van der Waals surface area contributed by atoms with Crippen LogP contribution in [0.3, 0.4) is 0 Å². The van der Waals surface area contributed by atoms with Gasteiger partial charge in [-0.15, -0.1) is 0 Å². The Balaban J connectivity index is 1.72. The van der Waals surface area contributed by atoms with E-state index in [1.54, 1.807) is 9.58 Å². The lowest BCUT2D eigenvalue weighted by Crippen LogP contribution is -2.51. The second kappa shape index (κ2) is 5.65. The molecule has 8 nitrogen and oxygen atoms in total. The number of anilines is 1. The van der Waals surface area contributed by atoms with E-state index in [0.29, 0.717) is 6.54 Å². The molecule has 1 atom stereocenters. The second-order valence-electron chi connectivity index (χ2n) is 5.34. The number of H-pyrrole nitrogens is 1. The lowest BCUT2D eigenvalue weighted by Gasteiger charge is -2.35. The van der Waals surface area contributed by atoms with E-state index >= 15 is 0 Å². The number of hydrogen-bond acceptors (Lipinski definition) is 5. The number of carbonyl (C=O) groups is 1. The summed E-state index contributed by atoms with van der Waals surface area (Å²) in [5, 5.41) is 11.0. The standard InChI is InChI=1S/C13H19N7O/c1-18(8-11-14-9-15-16-11)10-4-3-6-20(13(10)21)12-5-7-19(2)17-12/h5,7,9-10H,3-4,6,8H2,1-2H3,(H,14,15,16). The van der Waals surface area contributed by atoms with Crippen LogP contribution in [0.4, 0.5) is 5.82 Å². The first-order valence-electron chi connectivity index (χ1n) is 7.00. The van der Waals surface area contributed by atoms with Crippen LogP contribution < -0.4 is 4.90 Å². The van der Waals surface area contributed by atoms with Gasteiger partial charge in [-0.05, 0) is 19.9 Å². The van der Waals surface area contributed by atoms with Crippen LogP contribution in [0.5, 0.6) is 0 Å². The third-order valence-corrected chi connectivity index (χ3v) is 3.78. The smallest absolute Gasteiger partial charge is 0.245 e. The summed E-state index contributed by atoms with van der Waals surface area (Å²) < 4.78 is 1.71. The normalized spacial score (nSPS) is 19.5. The van der Waals surface area contributed by atoms with E-state index in [2.05, 4.69) is 20.3 Å². The first-order chi connectivity index (χ1) is 10.1. The molecule has 21 heavy (non-hydrogen) atoms. The zero-order valence-corrected chi connectivity index (χ0v) is 12.2. The van der Waals surface area contributed by atoms with Gasteiger partial charge < -0.3 is 0 Å². The van der Waals surface area contributed by atoms with Gasteiger partial charge in [-0.3, -0.25) is 24.4 Å². The Kier molecular flexibility index (Phi) is 3.70. The van der Waals surface area contributed by atoms with Gasteiger partial charge in [0.25, 0.3) is 0 Å². The van der Waals surface area contributed by atoms with Gasteiger partial charge in [0.05, 0.1) is 12.6 Å². The Bertz CT molecular complexity index is 606. The van der Waals surface area contributed by atoms with E-state index in [1.165, 1.54) is 6.33 Å². The van der Waals surface area contributed by atoms with Gasteiger partial charge in [0, 0.05) is 25.9 Å². The van der Waals surface area contributed by atoms with Crippen LogP contribution in [-0.2, 0) is 18.4 Å². The molecule has 2 aromatic heterocycles. The number of rotatable bonds is 4. The van der Waals surface area contributed by atoms with Crippen molar-refractivity contribution in [2.24, 2.45) is 7.05 Å². The van der Waals surface area contributed by atoms with Crippen LogP contribution in [0.1, 0.15) is 18.7 Å². The first kappa shape index (κ1) is 13.7. The largest absolute Gasteiger partial charge is 0.294 e. The van der Waals surface area contributed by atoms with E-state index < -0.39 is 0 Å². The van der Waals surface area contributed by atoms with Crippen LogP contribution in [0.25, 0.3) is 0 Å². The monoisotopic (exact) mass is 289 g/mol. The minimum atomic E-state index is -0.147. The average molecular weight is 289 g/mol. The molecule has 1 aliphatic heterocycles. The number of carbonyl (C=O) groups excluding carboxylic acids is 1. The predicted octanol–water partition coefficient (Wildman–Crippen LogP) is 0.166. The molecule has 3 rings (SSSR count). The first-order valence-corrected chi connectivity index (χ1v) is 7.00. The molecule has 1 saturated heterocycles. The van der Waals surface area contributed by atoms with E-state index in [0.717, 1.165) is 31.0 Å². The van der Waals surface area contributed by atoms with Gasteiger partial charge in [-0.1, -0.05) is 0 Å². The summed E-state index contributed by atoms with van der Waals surface area (Å²) in [7, 11) is 3.79. The zero-order valence-electron chi connectivity index (χ0n) is 12.2. The highest BCUT2D eigenvalue weighted by Gasteiger charge is 2.33. The maximum absolute atomic E-state index is 12.7. The van der Waals surface area contributed by atoms with Crippen molar-refractivity contribution < 1.29 is 4.79 Å². The van der Waals surface area contributed by atoms with Gasteiger partial charge >= 0.3 is 0 Å². The van der Waals surface area contributed by atoms with Crippen molar-refractivity contribution in [1.29, 1.82) is 0 Å².